The fourth-order valence-electron chi connectivity index (χ4n) is 4.74. The molecular formula is C22H32N2O2. The summed E-state index contributed by atoms with van der Waals surface area (Å²) in [6, 6.07) is 10.7. The third kappa shape index (κ3) is 3.94. The Labute approximate surface area is 157 Å². The predicted molar refractivity (Wildman–Crippen MR) is 104 cm³/mol. The van der Waals surface area contributed by atoms with Gasteiger partial charge >= 0.3 is 0 Å². The van der Waals surface area contributed by atoms with Crippen LogP contribution >= 0.6 is 0 Å². The lowest BCUT2D eigenvalue weighted by atomic mass is 9.87. The van der Waals surface area contributed by atoms with Crippen molar-refractivity contribution >= 4 is 11.8 Å². The van der Waals surface area contributed by atoms with E-state index in [-0.39, 0.29) is 29.8 Å². The molecule has 2 fully saturated rings. The Balaban J connectivity index is 1.97. The summed E-state index contributed by atoms with van der Waals surface area (Å²) in [6.45, 7) is 7.42. The number of hydrogen-bond acceptors (Lipinski definition) is 2. The van der Waals surface area contributed by atoms with E-state index in [0.29, 0.717) is 12.3 Å². The zero-order valence-corrected chi connectivity index (χ0v) is 16.4. The minimum Gasteiger partial charge on any atom is -0.337 e. The number of likely N-dealkylation sites (tertiary alicyclic amines) is 2. The van der Waals surface area contributed by atoms with Crippen LogP contribution in [-0.2, 0) is 9.59 Å². The maximum absolute atomic E-state index is 13.0. The van der Waals surface area contributed by atoms with Gasteiger partial charge in [0.1, 0.15) is 0 Å². The summed E-state index contributed by atoms with van der Waals surface area (Å²) in [7, 11) is 0. The summed E-state index contributed by atoms with van der Waals surface area (Å²) < 4.78 is 0. The third-order valence-corrected chi connectivity index (χ3v) is 5.89. The zero-order chi connectivity index (χ0) is 18.7. The van der Waals surface area contributed by atoms with Crippen LogP contribution in [0.25, 0.3) is 0 Å². The van der Waals surface area contributed by atoms with Crippen LogP contribution in [0.4, 0.5) is 0 Å². The fourth-order valence-corrected chi connectivity index (χ4v) is 4.74. The summed E-state index contributed by atoms with van der Waals surface area (Å²) in [6.07, 6.45) is 4.92. The highest BCUT2D eigenvalue weighted by Crippen LogP contribution is 2.39. The molecule has 2 amide bonds. The van der Waals surface area contributed by atoms with Gasteiger partial charge in [-0.25, -0.2) is 0 Å². The lowest BCUT2D eigenvalue weighted by Gasteiger charge is -2.38. The maximum atomic E-state index is 13.0. The van der Waals surface area contributed by atoms with Gasteiger partial charge in [0.2, 0.25) is 11.8 Å². The molecule has 4 nitrogen and oxygen atoms in total. The fraction of sp³-hybridized carbons (Fsp3) is 0.636. The van der Waals surface area contributed by atoms with Crippen molar-refractivity contribution in [2.45, 2.75) is 70.9 Å². The maximum Gasteiger partial charge on any atom is 0.223 e. The molecule has 3 rings (SSSR count). The molecule has 4 heteroatoms. The Hall–Kier alpha value is -1.84. The summed E-state index contributed by atoms with van der Waals surface area (Å²) >= 11 is 0. The number of rotatable bonds is 3. The molecule has 0 spiro atoms. The van der Waals surface area contributed by atoms with Crippen molar-refractivity contribution in [3.05, 3.63) is 35.9 Å². The quantitative estimate of drug-likeness (QED) is 0.826. The van der Waals surface area contributed by atoms with Crippen LogP contribution in [0.5, 0.6) is 0 Å². The Morgan fingerprint density at radius 1 is 1.08 bits per heavy atom. The molecule has 0 radical (unpaired) electrons. The molecule has 2 aliphatic heterocycles. The number of carbonyl (C=O) groups excluding carboxylic acids is 2. The average molecular weight is 357 g/mol. The van der Waals surface area contributed by atoms with Gasteiger partial charge in [-0.1, -0.05) is 57.0 Å². The zero-order valence-electron chi connectivity index (χ0n) is 16.4. The molecule has 0 aromatic heterocycles. The SMILES string of the molecule is CC(=O)N1CCCCC[C@@H]2[C@@H]1[C@H](c1ccccc1)CN2C(=O)CC(C)C. The second kappa shape index (κ2) is 8.24. The lowest BCUT2D eigenvalue weighted by molar-refractivity contribution is -0.137. The highest BCUT2D eigenvalue weighted by molar-refractivity contribution is 5.78. The standard InChI is InChI=1S/C22H32N2O2/c1-16(2)14-21(26)24-15-19(18-10-6-4-7-11-18)22-20(24)12-8-5-9-13-23(22)17(3)25/h4,6-7,10-11,16,19-20,22H,5,8-9,12-15H2,1-3H3/t19-,20+,22-/m0/s1. The summed E-state index contributed by atoms with van der Waals surface area (Å²) in [5.41, 5.74) is 1.24. The van der Waals surface area contributed by atoms with Crippen molar-refractivity contribution in [3.63, 3.8) is 0 Å². The Kier molecular flexibility index (Phi) is 6.00. The Morgan fingerprint density at radius 2 is 1.81 bits per heavy atom. The van der Waals surface area contributed by atoms with Gasteiger partial charge in [-0.3, -0.25) is 9.59 Å². The normalized spacial score (nSPS) is 26.4. The number of carbonyl (C=O) groups is 2. The summed E-state index contributed by atoms with van der Waals surface area (Å²) in [4.78, 5) is 29.6. The van der Waals surface area contributed by atoms with Gasteiger partial charge in [-0.15, -0.1) is 0 Å². The molecule has 1 aromatic carbocycles. The van der Waals surface area contributed by atoms with E-state index in [2.05, 4.69) is 47.9 Å². The van der Waals surface area contributed by atoms with Crippen molar-refractivity contribution in [2.24, 2.45) is 5.92 Å². The molecule has 142 valence electrons. The average Bonchev–Trinajstić information content (AvgIpc) is 2.93. The minimum atomic E-state index is 0.103. The number of fused-ring (bicyclic) bond motifs is 1. The van der Waals surface area contributed by atoms with Crippen LogP contribution in [0.2, 0.25) is 0 Å². The topological polar surface area (TPSA) is 40.6 Å². The van der Waals surface area contributed by atoms with E-state index >= 15 is 0 Å². The van der Waals surface area contributed by atoms with Crippen LogP contribution in [0, 0.1) is 5.92 Å². The van der Waals surface area contributed by atoms with Gasteiger partial charge in [0.25, 0.3) is 0 Å². The molecule has 2 aliphatic rings. The van der Waals surface area contributed by atoms with Crippen LogP contribution in [0.3, 0.4) is 0 Å². The molecule has 3 atom stereocenters. The highest BCUT2D eigenvalue weighted by Gasteiger charge is 2.47. The van der Waals surface area contributed by atoms with Crippen molar-refractivity contribution in [2.75, 3.05) is 13.1 Å². The molecule has 2 saturated heterocycles. The van der Waals surface area contributed by atoms with Crippen molar-refractivity contribution in [1.82, 2.24) is 9.80 Å². The van der Waals surface area contributed by atoms with E-state index < -0.39 is 0 Å². The Bertz CT molecular complexity index is 628. The van der Waals surface area contributed by atoms with E-state index in [0.717, 1.165) is 38.8 Å². The molecule has 0 unspecified atom stereocenters. The first-order valence-corrected chi connectivity index (χ1v) is 10.1. The highest BCUT2D eigenvalue weighted by atomic mass is 16.2. The smallest absolute Gasteiger partial charge is 0.223 e. The second-order valence-electron chi connectivity index (χ2n) is 8.28. The molecule has 0 bridgehead atoms. The lowest BCUT2D eigenvalue weighted by Crippen LogP contribution is -2.51. The van der Waals surface area contributed by atoms with Crippen LogP contribution < -0.4 is 0 Å². The molecule has 0 aliphatic carbocycles. The van der Waals surface area contributed by atoms with Gasteiger partial charge in [-0.2, -0.15) is 0 Å². The molecule has 0 N–H and O–H groups in total. The van der Waals surface area contributed by atoms with Crippen molar-refractivity contribution < 1.29 is 9.59 Å². The first-order valence-electron chi connectivity index (χ1n) is 10.1. The number of nitrogens with zero attached hydrogens (tertiary/aromatic N) is 2. The van der Waals surface area contributed by atoms with Crippen LogP contribution in [-0.4, -0.2) is 46.8 Å². The monoisotopic (exact) mass is 356 g/mol. The van der Waals surface area contributed by atoms with E-state index in [1.165, 1.54) is 5.56 Å². The molecular weight excluding hydrogens is 324 g/mol. The molecule has 26 heavy (non-hydrogen) atoms. The summed E-state index contributed by atoms with van der Waals surface area (Å²) in [5, 5.41) is 0. The second-order valence-corrected chi connectivity index (χ2v) is 8.28. The van der Waals surface area contributed by atoms with Gasteiger partial charge < -0.3 is 9.80 Å². The summed E-state index contributed by atoms with van der Waals surface area (Å²) in [5.74, 6) is 0.951. The molecule has 0 saturated carbocycles. The first kappa shape index (κ1) is 18.9. The van der Waals surface area contributed by atoms with Gasteiger partial charge in [0.15, 0.2) is 0 Å². The largest absolute Gasteiger partial charge is 0.337 e. The van der Waals surface area contributed by atoms with Crippen molar-refractivity contribution in [1.29, 1.82) is 0 Å². The molecule has 1 aromatic rings. The van der Waals surface area contributed by atoms with Crippen LogP contribution in [0.15, 0.2) is 30.3 Å². The van der Waals surface area contributed by atoms with Gasteiger partial charge in [0, 0.05) is 32.4 Å². The van der Waals surface area contributed by atoms with Crippen LogP contribution in [0.1, 0.15) is 64.4 Å². The molecule has 2 heterocycles. The predicted octanol–water partition coefficient (Wildman–Crippen LogP) is 3.82. The van der Waals surface area contributed by atoms with E-state index in [1.807, 2.05) is 6.07 Å². The van der Waals surface area contributed by atoms with E-state index in [9.17, 15) is 9.59 Å². The number of amides is 2. The van der Waals surface area contributed by atoms with E-state index in [1.54, 1.807) is 6.92 Å². The van der Waals surface area contributed by atoms with Crippen molar-refractivity contribution in [3.8, 4) is 0 Å². The minimum absolute atomic E-state index is 0.103. The number of hydrogen-bond donors (Lipinski definition) is 0. The number of benzene rings is 1. The Morgan fingerprint density at radius 3 is 2.46 bits per heavy atom. The third-order valence-electron chi connectivity index (χ3n) is 5.89. The van der Waals surface area contributed by atoms with Gasteiger partial charge in [-0.05, 0) is 24.3 Å². The first-order chi connectivity index (χ1) is 12.5. The van der Waals surface area contributed by atoms with E-state index in [4.69, 9.17) is 0 Å². The van der Waals surface area contributed by atoms with Gasteiger partial charge in [0.05, 0.1) is 12.1 Å².